The molecule has 4 nitrogen and oxygen atoms in total. The zero-order valence-corrected chi connectivity index (χ0v) is 10.9. The van der Waals surface area contributed by atoms with Gasteiger partial charge in [-0.25, -0.2) is 9.34 Å². The van der Waals surface area contributed by atoms with Crippen molar-refractivity contribution >= 4 is 8.45 Å². The highest BCUT2D eigenvalue weighted by atomic mass is 31.2. The average molecular weight is 237 g/mol. The third kappa shape index (κ3) is 3.46. The number of benzene rings is 1. The second-order valence-electron chi connectivity index (χ2n) is 3.67. The molecule has 0 atom stereocenters. The van der Waals surface area contributed by atoms with Crippen molar-refractivity contribution in [3.8, 4) is 11.8 Å². The van der Waals surface area contributed by atoms with Crippen molar-refractivity contribution in [3.05, 3.63) is 29.8 Å². The van der Waals surface area contributed by atoms with Crippen LogP contribution in [0.1, 0.15) is 5.56 Å². The van der Waals surface area contributed by atoms with Gasteiger partial charge in [0.25, 0.3) is 0 Å². The largest absolute Gasteiger partial charge is 0.444 e. The van der Waals surface area contributed by atoms with Gasteiger partial charge in [0.1, 0.15) is 5.75 Å². The minimum absolute atomic E-state index is 0.645. The van der Waals surface area contributed by atoms with Gasteiger partial charge in [0.2, 0.25) is 8.45 Å². The van der Waals surface area contributed by atoms with Gasteiger partial charge in [-0.05, 0) is 52.5 Å². The van der Waals surface area contributed by atoms with E-state index in [-0.39, 0.29) is 0 Å². The van der Waals surface area contributed by atoms with Gasteiger partial charge in [-0.3, -0.25) is 0 Å². The van der Waals surface area contributed by atoms with E-state index in [4.69, 9.17) is 9.79 Å². The van der Waals surface area contributed by atoms with Gasteiger partial charge in [0.05, 0.1) is 11.6 Å². The fraction of sp³-hybridized carbons (Fsp3) is 0.364. The molecular weight excluding hydrogens is 221 g/mol. The average Bonchev–Trinajstić information content (AvgIpc) is 2.25. The van der Waals surface area contributed by atoms with Crippen molar-refractivity contribution in [1.82, 2.24) is 9.34 Å². The zero-order valence-electron chi connectivity index (χ0n) is 10.0. The predicted molar refractivity (Wildman–Crippen MR) is 66.1 cm³/mol. The molecule has 0 aliphatic carbocycles. The first-order valence-corrected chi connectivity index (χ1v) is 6.04. The highest BCUT2D eigenvalue weighted by Gasteiger charge is 2.17. The maximum absolute atomic E-state index is 8.68. The van der Waals surface area contributed by atoms with Gasteiger partial charge in [-0.15, -0.1) is 0 Å². The van der Waals surface area contributed by atoms with Gasteiger partial charge in [0, 0.05) is 0 Å². The lowest BCUT2D eigenvalue weighted by atomic mass is 10.2. The molecule has 0 aliphatic heterocycles. The summed E-state index contributed by atoms with van der Waals surface area (Å²) in [5, 5.41) is 8.68. The van der Waals surface area contributed by atoms with E-state index in [0.717, 1.165) is 5.75 Å². The monoisotopic (exact) mass is 237 g/mol. The molecule has 0 bridgehead atoms. The molecule has 1 aromatic rings. The summed E-state index contributed by atoms with van der Waals surface area (Å²) in [7, 11) is 7.14. The quantitative estimate of drug-likeness (QED) is 0.753. The van der Waals surface area contributed by atoms with Crippen LogP contribution in [0.15, 0.2) is 24.3 Å². The SMILES string of the molecule is CN(C)P(Oc1ccc(C#N)cc1)N(C)C. The van der Waals surface area contributed by atoms with Crippen LogP contribution in [0.4, 0.5) is 0 Å². The van der Waals surface area contributed by atoms with E-state index < -0.39 is 8.45 Å². The first kappa shape index (κ1) is 12.9. The van der Waals surface area contributed by atoms with Gasteiger partial charge in [-0.2, -0.15) is 5.26 Å². The van der Waals surface area contributed by atoms with E-state index in [9.17, 15) is 0 Å². The van der Waals surface area contributed by atoms with Crippen LogP contribution >= 0.6 is 8.45 Å². The van der Waals surface area contributed by atoms with Crippen LogP contribution in [-0.4, -0.2) is 37.5 Å². The zero-order chi connectivity index (χ0) is 12.1. The lowest BCUT2D eigenvalue weighted by Gasteiger charge is -2.28. The number of hydrogen-bond donors (Lipinski definition) is 0. The van der Waals surface area contributed by atoms with Crippen LogP contribution in [-0.2, 0) is 0 Å². The van der Waals surface area contributed by atoms with Gasteiger partial charge >= 0.3 is 0 Å². The summed E-state index contributed by atoms with van der Waals surface area (Å²) >= 11 is 0. The van der Waals surface area contributed by atoms with Crippen LogP contribution in [0.25, 0.3) is 0 Å². The predicted octanol–water partition coefficient (Wildman–Crippen LogP) is 2.29. The van der Waals surface area contributed by atoms with E-state index in [1.54, 1.807) is 12.1 Å². The Balaban J connectivity index is 2.75. The number of hydrogen-bond acceptors (Lipinski definition) is 4. The molecule has 0 unspecified atom stereocenters. The lowest BCUT2D eigenvalue weighted by molar-refractivity contribution is 0.453. The molecule has 0 saturated heterocycles. The number of rotatable bonds is 4. The second-order valence-corrected chi connectivity index (χ2v) is 5.96. The Morgan fingerprint density at radius 2 is 1.56 bits per heavy atom. The molecule has 1 rings (SSSR count). The minimum atomic E-state index is -0.785. The molecule has 0 amide bonds. The molecule has 86 valence electrons. The third-order valence-corrected chi connectivity index (χ3v) is 3.60. The summed E-state index contributed by atoms with van der Waals surface area (Å²) in [4.78, 5) is 0. The maximum Gasteiger partial charge on any atom is 0.247 e. The molecule has 0 N–H and O–H groups in total. The highest BCUT2D eigenvalue weighted by Crippen LogP contribution is 2.41. The Morgan fingerprint density at radius 3 is 1.94 bits per heavy atom. The minimum Gasteiger partial charge on any atom is -0.444 e. The fourth-order valence-corrected chi connectivity index (χ4v) is 2.56. The molecule has 0 radical (unpaired) electrons. The molecule has 0 heterocycles. The molecule has 1 aromatic carbocycles. The van der Waals surface area contributed by atoms with E-state index >= 15 is 0 Å². The molecule has 0 saturated carbocycles. The van der Waals surface area contributed by atoms with E-state index in [2.05, 4.69) is 6.07 Å². The Bertz CT molecular complexity index is 362. The Kier molecular flexibility index (Phi) is 4.70. The topological polar surface area (TPSA) is 39.5 Å². The Morgan fingerprint density at radius 1 is 1.06 bits per heavy atom. The molecule has 16 heavy (non-hydrogen) atoms. The molecule has 0 aliphatic rings. The van der Waals surface area contributed by atoms with Crippen molar-refractivity contribution in [2.45, 2.75) is 0 Å². The van der Waals surface area contributed by atoms with Crippen molar-refractivity contribution < 1.29 is 4.52 Å². The van der Waals surface area contributed by atoms with Crippen LogP contribution in [0.2, 0.25) is 0 Å². The molecule has 0 aromatic heterocycles. The van der Waals surface area contributed by atoms with Crippen molar-refractivity contribution in [3.63, 3.8) is 0 Å². The van der Waals surface area contributed by atoms with E-state index in [1.807, 2.05) is 49.7 Å². The van der Waals surface area contributed by atoms with Crippen LogP contribution in [0.5, 0.6) is 5.75 Å². The second kappa shape index (κ2) is 5.81. The Labute approximate surface area is 98.0 Å². The van der Waals surface area contributed by atoms with Crippen LogP contribution in [0.3, 0.4) is 0 Å². The smallest absolute Gasteiger partial charge is 0.247 e. The molecular formula is C11H16N3OP. The van der Waals surface area contributed by atoms with Crippen LogP contribution < -0.4 is 4.52 Å². The van der Waals surface area contributed by atoms with Crippen molar-refractivity contribution in [2.75, 3.05) is 28.2 Å². The summed E-state index contributed by atoms with van der Waals surface area (Å²) in [6, 6.07) is 9.24. The summed E-state index contributed by atoms with van der Waals surface area (Å²) in [6.45, 7) is 0. The van der Waals surface area contributed by atoms with Gasteiger partial charge in [0.15, 0.2) is 0 Å². The first-order valence-electron chi connectivity index (χ1n) is 4.87. The fourth-order valence-electron chi connectivity index (χ4n) is 1.21. The van der Waals surface area contributed by atoms with Gasteiger partial charge in [-0.1, -0.05) is 0 Å². The van der Waals surface area contributed by atoms with Crippen molar-refractivity contribution in [2.24, 2.45) is 0 Å². The summed E-state index contributed by atoms with van der Waals surface area (Å²) in [5.74, 6) is 0.785. The molecule has 0 fully saturated rings. The van der Waals surface area contributed by atoms with Crippen molar-refractivity contribution in [1.29, 1.82) is 5.26 Å². The normalized spacial score (nSPS) is 10.9. The summed E-state index contributed by atoms with van der Waals surface area (Å²) in [6.07, 6.45) is 0. The third-order valence-electron chi connectivity index (χ3n) is 1.85. The standard InChI is InChI=1S/C11H16N3OP/c1-13(2)16(14(3)4)15-11-7-5-10(9-12)6-8-11/h5-8H,1-4H3. The summed E-state index contributed by atoms with van der Waals surface area (Å²) in [5.41, 5.74) is 0.645. The maximum atomic E-state index is 8.68. The summed E-state index contributed by atoms with van der Waals surface area (Å²) < 4.78 is 9.91. The van der Waals surface area contributed by atoms with Crippen LogP contribution in [0, 0.1) is 11.3 Å². The lowest BCUT2D eigenvalue weighted by Crippen LogP contribution is -2.20. The van der Waals surface area contributed by atoms with E-state index in [1.165, 1.54) is 0 Å². The van der Waals surface area contributed by atoms with E-state index in [0.29, 0.717) is 5.56 Å². The molecule has 0 spiro atoms. The number of nitrogens with zero attached hydrogens (tertiary/aromatic N) is 3. The first-order chi connectivity index (χ1) is 7.54. The number of nitriles is 1. The van der Waals surface area contributed by atoms with Gasteiger partial charge < -0.3 is 4.52 Å². The Hall–Kier alpha value is -1.14. The highest BCUT2D eigenvalue weighted by molar-refractivity contribution is 7.47. The molecule has 5 heteroatoms.